The second-order valence-electron chi connectivity index (χ2n) is 2.23. The molecule has 0 saturated heterocycles. The van der Waals surface area contributed by atoms with Gasteiger partial charge in [0.25, 0.3) is 0 Å². The van der Waals surface area contributed by atoms with Crippen LogP contribution in [0.4, 0.5) is 5.69 Å². The number of amidine groups is 1. The average Bonchev–Trinajstić information content (AvgIpc) is 2.05. The van der Waals surface area contributed by atoms with Gasteiger partial charge in [0.15, 0.2) is 0 Å². The van der Waals surface area contributed by atoms with Crippen LogP contribution in [0.5, 0.6) is 0 Å². The maximum absolute atomic E-state index is 5.55. The summed E-state index contributed by atoms with van der Waals surface area (Å²) in [6.45, 7) is 0. The zero-order valence-electron chi connectivity index (χ0n) is 6.82. The third-order valence-corrected chi connectivity index (χ3v) is 1.45. The van der Waals surface area contributed by atoms with Gasteiger partial charge in [-0.05, 0) is 24.3 Å². The van der Waals surface area contributed by atoms with E-state index in [0.717, 1.165) is 11.3 Å². The lowest BCUT2D eigenvalue weighted by Crippen LogP contribution is -2.12. The Bertz CT molecular complexity index is 266. The monoisotopic (exact) mass is 185 g/mol. The summed E-state index contributed by atoms with van der Waals surface area (Å²) in [5, 5.41) is 0. The van der Waals surface area contributed by atoms with Gasteiger partial charge in [0.2, 0.25) is 0 Å². The van der Waals surface area contributed by atoms with Crippen LogP contribution in [0.1, 0.15) is 5.56 Å². The molecule has 1 aromatic carbocycles. The average molecular weight is 186 g/mol. The fourth-order valence-corrected chi connectivity index (χ4v) is 0.783. The minimum atomic E-state index is 0. The van der Waals surface area contributed by atoms with Crippen molar-refractivity contribution in [3.8, 4) is 0 Å². The molecule has 0 aliphatic heterocycles. The van der Waals surface area contributed by atoms with E-state index in [4.69, 9.17) is 11.5 Å². The molecule has 3 nitrogen and oxygen atoms in total. The Labute approximate surface area is 77.9 Å². The van der Waals surface area contributed by atoms with Crippen LogP contribution in [0.25, 0.3) is 0 Å². The van der Waals surface area contributed by atoms with Crippen LogP contribution in [-0.4, -0.2) is 12.9 Å². The number of hydrogen-bond donors (Lipinski definition) is 2. The summed E-state index contributed by atoms with van der Waals surface area (Å²) in [5.74, 6) is 0.532. The van der Waals surface area contributed by atoms with Gasteiger partial charge in [0.1, 0.15) is 5.84 Å². The summed E-state index contributed by atoms with van der Waals surface area (Å²) in [4.78, 5) is 3.84. The molecule has 0 atom stereocenters. The number of hydrogen-bond acceptors (Lipinski definition) is 2. The predicted molar refractivity (Wildman–Crippen MR) is 54.8 cm³/mol. The van der Waals surface area contributed by atoms with E-state index in [-0.39, 0.29) is 12.4 Å². The van der Waals surface area contributed by atoms with Crippen LogP contribution in [-0.2, 0) is 0 Å². The van der Waals surface area contributed by atoms with Crippen molar-refractivity contribution >= 4 is 23.9 Å². The molecule has 12 heavy (non-hydrogen) atoms. The van der Waals surface area contributed by atoms with Crippen molar-refractivity contribution in [2.75, 3.05) is 12.8 Å². The van der Waals surface area contributed by atoms with Gasteiger partial charge >= 0.3 is 0 Å². The highest BCUT2D eigenvalue weighted by atomic mass is 35.5. The molecule has 1 aromatic rings. The van der Waals surface area contributed by atoms with Gasteiger partial charge in [-0.2, -0.15) is 0 Å². The Morgan fingerprint density at radius 3 is 2.17 bits per heavy atom. The van der Waals surface area contributed by atoms with E-state index < -0.39 is 0 Å². The molecule has 0 saturated carbocycles. The normalized spacial score (nSPS) is 10.6. The standard InChI is InChI=1S/C8H11N3.ClH/c1-11-8(10)6-2-4-7(9)5-3-6;/h2-5H,9H2,1H3,(H2,10,11);1H. The molecule has 0 aliphatic rings. The molecule has 0 bridgehead atoms. The zero-order valence-corrected chi connectivity index (χ0v) is 7.64. The van der Waals surface area contributed by atoms with Gasteiger partial charge in [0.05, 0.1) is 0 Å². The molecule has 0 fully saturated rings. The molecule has 0 aliphatic carbocycles. The van der Waals surface area contributed by atoms with Crippen molar-refractivity contribution in [1.82, 2.24) is 0 Å². The molecule has 4 heteroatoms. The van der Waals surface area contributed by atoms with Crippen LogP contribution in [0.15, 0.2) is 29.3 Å². The van der Waals surface area contributed by atoms with Crippen LogP contribution >= 0.6 is 12.4 Å². The summed E-state index contributed by atoms with van der Waals surface area (Å²) in [6.07, 6.45) is 0. The summed E-state index contributed by atoms with van der Waals surface area (Å²) in [7, 11) is 1.66. The third kappa shape index (κ3) is 2.43. The molecule has 0 unspecified atom stereocenters. The zero-order chi connectivity index (χ0) is 8.27. The number of aliphatic imine (C=N–C) groups is 1. The van der Waals surface area contributed by atoms with Gasteiger partial charge in [0, 0.05) is 18.3 Å². The fraction of sp³-hybridized carbons (Fsp3) is 0.125. The Morgan fingerprint density at radius 2 is 1.75 bits per heavy atom. The van der Waals surface area contributed by atoms with E-state index in [9.17, 15) is 0 Å². The maximum Gasteiger partial charge on any atom is 0.125 e. The Morgan fingerprint density at radius 1 is 1.25 bits per heavy atom. The lowest BCUT2D eigenvalue weighted by molar-refractivity contribution is 1.39. The topological polar surface area (TPSA) is 64.4 Å². The van der Waals surface area contributed by atoms with Crippen molar-refractivity contribution < 1.29 is 0 Å². The molecular formula is C8H12ClN3. The molecule has 0 radical (unpaired) electrons. The third-order valence-electron chi connectivity index (χ3n) is 1.45. The number of nitrogens with two attached hydrogens (primary N) is 2. The fourth-order valence-electron chi connectivity index (χ4n) is 0.783. The van der Waals surface area contributed by atoms with Crippen molar-refractivity contribution in [2.45, 2.75) is 0 Å². The van der Waals surface area contributed by atoms with E-state index in [1.807, 2.05) is 12.1 Å². The highest BCUT2D eigenvalue weighted by Gasteiger charge is 1.94. The smallest absolute Gasteiger partial charge is 0.125 e. The molecule has 1 rings (SSSR count). The van der Waals surface area contributed by atoms with Crippen molar-refractivity contribution in [1.29, 1.82) is 0 Å². The minimum Gasteiger partial charge on any atom is -0.399 e. The van der Waals surface area contributed by atoms with Gasteiger partial charge in [-0.15, -0.1) is 12.4 Å². The first-order valence-electron chi connectivity index (χ1n) is 3.32. The van der Waals surface area contributed by atoms with Gasteiger partial charge < -0.3 is 11.5 Å². The number of nitrogens with zero attached hydrogens (tertiary/aromatic N) is 1. The summed E-state index contributed by atoms with van der Waals surface area (Å²) >= 11 is 0. The molecule has 0 amide bonds. The Hall–Kier alpha value is -1.22. The van der Waals surface area contributed by atoms with Crippen LogP contribution in [0.2, 0.25) is 0 Å². The van der Waals surface area contributed by atoms with Gasteiger partial charge in [-0.3, -0.25) is 4.99 Å². The number of nitrogen functional groups attached to an aromatic ring is 1. The lowest BCUT2D eigenvalue weighted by Gasteiger charge is -1.98. The van der Waals surface area contributed by atoms with Crippen LogP contribution in [0, 0.1) is 0 Å². The second-order valence-corrected chi connectivity index (χ2v) is 2.23. The molecule has 0 aromatic heterocycles. The second kappa shape index (κ2) is 4.62. The first-order valence-corrected chi connectivity index (χ1v) is 3.32. The maximum atomic E-state index is 5.55. The van der Waals surface area contributed by atoms with Crippen molar-refractivity contribution in [2.24, 2.45) is 10.7 Å². The Balaban J connectivity index is 0.00000121. The number of benzene rings is 1. The molecular weight excluding hydrogens is 174 g/mol. The number of halogens is 1. The minimum absolute atomic E-state index is 0. The SMILES string of the molecule is CN=C(N)c1ccc(N)cc1.Cl. The van der Waals surface area contributed by atoms with Crippen molar-refractivity contribution in [3.05, 3.63) is 29.8 Å². The molecule has 66 valence electrons. The predicted octanol–water partition coefficient (Wildman–Crippen LogP) is 1.03. The highest BCUT2D eigenvalue weighted by molar-refractivity contribution is 5.97. The van der Waals surface area contributed by atoms with E-state index in [1.165, 1.54) is 0 Å². The van der Waals surface area contributed by atoms with Crippen LogP contribution in [0.3, 0.4) is 0 Å². The van der Waals surface area contributed by atoms with E-state index in [2.05, 4.69) is 4.99 Å². The number of rotatable bonds is 1. The first-order chi connectivity index (χ1) is 5.24. The van der Waals surface area contributed by atoms with Gasteiger partial charge in [-0.25, -0.2) is 0 Å². The van der Waals surface area contributed by atoms with E-state index in [1.54, 1.807) is 19.2 Å². The summed E-state index contributed by atoms with van der Waals surface area (Å²) in [6, 6.07) is 7.29. The summed E-state index contributed by atoms with van der Waals surface area (Å²) in [5.41, 5.74) is 12.7. The van der Waals surface area contributed by atoms with E-state index >= 15 is 0 Å². The highest BCUT2D eigenvalue weighted by Crippen LogP contribution is 2.04. The number of anilines is 1. The molecule has 0 spiro atoms. The largest absolute Gasteiger partial charge is 0.399 e. The molecule has 4 N–H and O–H groups in total. The van der Waals surface area contributed by atoms with Crippen molar-refractivity contribution in [3.63, 3.8) is 0 Å². The molecule has 0 heterocycles. The first kappa shape index (κ1) is 10.8. The van der Waals surface area contributed by atoms with E-state index in [0.29, 0.717) is 5.84 Å². The quantitative estimate of drug-likeness (QED) is 0.390. The van der Waals surface area contributed by atoms with Gasteiger partial charge in [-0.1, -0.05) is 0 Å². The lowest BCUT2D eigenvalue weighted by atomic mass is 10.2. The van der Waals surface area contributed by atoms with Crippen LogP contribution < -0.4 is 11.5 Å². The Kier molecular flexibility index (Phi) is 4.15. The summed E-state index contributed by atoms with van der Waals surface area (Å²) < 4.78 is 0.